The van der Waals surface area contributed by atoms with E-state index in [4.69, 9.17) is 5.73 Å². The first-order valence-electron chi connectivity index (χ1n) is 9.02. The highest BCUT2D eigenvalue weighted by atomic mass is 19.4. The average Bonchev–Trinajstić information content (AvgIpc) is 3.00. The molecule has 0 aliphatic carbocycles. The van der Waals surface area contributed by atoms with E-state index in [2.05, 4.69) is 25.0 Å². The van der Waals surface area contributed by atoms with Gasteiger partial charge in [0.25, 0.3) is 0 Å². The number of alkyl halides is 3. The van der Waals surface area contributed by atoms with E-state index >= 15 is 0 Å². The predicted octanol–water partition coefficient (Wildman–Crippen LogP) is 4.80. The molecular weight excluding hydrogens is 416 g/mol. The normalized spacial score (nSPS) is 11.7. The summed E-state index contributed by atoms with van der Waals surface area (Å²) in [6.07, 6.45) is -4.80. The fourth-order valence-electron chi connectivity index (χ4n) is 3.07. The molecule has 0 amide bonds. The molecule has 2 aromatic heterocycles. The summed E-state index contributed by atoms with van der Waals surface area (Å²) in [5, 5.41) is 2.71. The van der Waals surface area contributed by atoms with Gasteiger partial charge in [-0.2, -0.15) is 14.4 Å². The number of nitrogens with two attached hydrogens (primary N) is 1. The number of halogens is 4. The van der Waals surface area contributed by atoms with Gasteiger partial charge in [0.15, 0.2) is 11.6 Å². The molecule has 7 nitrogen and oxygen atoms in total. The van der Waals surface area contributed by atoms with Crippen LogP contribution in [0, 0.1) is 19.7 Å². The summed E-state index contributed by atoms with van der Waals surface area (Å²) in [6, 6.07) is 10.4. The number of nitrogen functional groups attached to an aromatic ring is 1. The molecule has 0 spiro atoms. The molecule has 0 saturated heterocycles. The summed E-state index contributed by atoms with van der Waals surface area (Å²) in [4.78, 5) is 12.7. The molecule has 31 heavy (non-hydrogen) atoms. The van der Waals surface area contributed by atoms with Crippen LogP contribution in [0.3, 0.4) is 0 Å². The first-order chi connectivity index (χ1) is 14.6. The van der Waals surface area contributed by atoms with Crippen LogP contribution >= 0.6 is 0 Å². The van der Waals surface area contributed by atoms with E-state index in [0.29, 0.717) is 11.3 Å². The van der Waals surface area contributed by atoms with E-state index in [9.17, 15) is 17.6 Å². The lowest BCUT2D eigenvalue weighted by atomic mass is 10.2. The molecule has 0 aliphatic rings. The van der Waals surface area contributed by atoms with E-state index in [-0.39, 0.29) is 17.5 Å². The lowest BCUT2D eigenvalue weighted by molar-refractivity contribution is -0.274. The Morgan fingerprint density at radius 2 is 1.71 bits per heavy atom. The van der Waals surface area contributed by atoms with Gasteiger partial charge in [-0.05, 0) is 55.8 Å². The fourth-order valence-corrected chi connectivity index (χ4v) is 3.07. The molecule has 0 fully saturated rings. The first-order valence-corrected chi connectivity index (χ1v) is 9.02. The van der Waals surface area contributed by atoms with Gasteiger partial charge in [0.1, 0.15) is 11.6 Å². The Hall–Kier alpha value is -3.89. The van der Waals surface area contributed by atoms with Crippen molar-refractivity contribution in [1.29, 1.82) is 0 Å². The van der Waals surface area contributed by atoms with Crippen molar-refractivity contribution >= 4 is 28.4 Å². The van der Waals surface area contributed by atoms with Crippen molar-refractivity contribution in [2.24, 2.45) is 0 Å². The minimum absolute atomic E-state index is 0.0993. The minimum Gasteiger partial charge on any atom is -0.406 e. The Bertz CT molecular complexity index is 1270. The molecule has 0 atom stereocenters. The number of rotatable bonds is 4. The van der Waals surface area contributed by atoms with Crippen molar-refractivity contribution in [2.75, 3.05) is 11.1 Å². The maximum atomic E-state index is 14.6. The van der Waals surface area contributed by atoms with Crippen LogP contribution in [0.4, 0.5) is 34.9 Å². The van der Waals surface area contributed by atoms with Crippen LogP contribution in [-0.2, 0) is 0 Å². The fraction of sp³-hybridized carbons (Fsp3) is 0.150. The van der Waals surface area contributed by atoms with Crippen LogP contribution in [0.2, 0.25) is 0 Å². The highest BCUT2D eigenvalue weighted by Crippen LogP contribution is 2.28. The molecule has 3 N–H and O–H groups in total. The van der Waals surface area contributed by atoms with Crippen molar-refractivity contribution in [3.05, 3.63) is 59.7 Å². The van der Waals surface area contributed by atoms with Gasteiger partial charge in [0.2, 0.25) is 11.8 Å². The predicted molar refractivity (Wildman–Crippen MR) is 107 cm³/mol. The highest BCUT2D eigenvalue weighted by molar-refractivity contribution is 5.78. The first kappa shape index (κ1) is 20.4. The maximum Gasteiger partial charge on any atom is 0.573 e. The summed E-state index contributed by atoms with van der Waals surface area (Å²) in [5.74, 6) is -1.25. The van der Waals surface area contributed by atoms with Gasteiger partial charge in [0, 0.05) is 5.69 Å². The molecule has 0 aliphatic heterocycles. The van der Waals surface area contributed by atoms with Gasteiger partial charge in [-0.3, -0.25) is 4.57 Å². The van der Waals surface area contributed by atoms with Crippen LogP contribution in [0.15, 0.2) is 42.5 Å². The number of anilines is 3. The number of ether oxygens (including phenoxy) is 1. The number of aromatic nitrogens is 4. The van der Waals surface area contributed by atoms with Crippen molar-refractivity contribution in [3.8, 4) is 11.7 Å². The summed E-state index contributed by atoms with van der Waals surface area (Å²) >= 11 is 0. The molecule has 11 heteroatoms. The van der Waals surface area contributed by atoms with Gasteiger partial charge in [0.05, 0.1) is 11.0 Å². The summed E-state index contributed by atoms with van der Waals surface area (Å²) < 4.78 is 56.9. The Morgan fingerprint density at radius 1 is 1.00 bits per heavy atom. The van der Waals surface area contributed by atoms with E-state index in [1.807, 2.05) is 25.1 Å². The Morgan fingerprint density at radius 3 is 2.39 bits per heavy atom. The van der Waals surface area contributed by atoms with Crippen LogP contribution in [0.25, 0.3) is 17.0 Å². The zero-order chi connectivity index (χ0) is 22.3. The van der Waals surface area contributed by atoms with Gasteiger partial charge >= 0.3 is 6.36 Å². The average molecular weight is 432 g/mol. The van der Waals surface area contributed by atoms with Crippen molar-refractivity contribution in [2.45, 2.75) is 20.2 Å². The lowest BCUT2D eigenvalue weighted by Crippen LogP contribution is -2.17. The number of benzene rings is 2. The number of fused-ring (bicyclic) bond motifs is 1. The number of nitrogens with one attached hydrogen (secondary N) is 1. The van der Waals surface area contributed by atoms with E-state index in [0.717, 1.165) is 23.2 Å². The van der Waals surface area contributed by atoms with Gasteiger partial charge in [-0.15, -0.1) is 13.2 Å². The maximum absolute atomic E-state index is 14.6. The monoisotopic (exact) mass is 432 g/mol. The quantitative estimate of drug-likeness (QED) is 0.451. The van der Waals surface area contributed by atoms with E-state index < -0.39 is 23.7 Å². The smallest absolute Gasteiger partial charge is 0.406 e. The number of imidazole rings is 1. The number of nitrogens with zero attached hydrogens (tertiary/aromatic N) is 4. The number of hydrogen-bond donors (Lipinski definition) is 2. The second kappa shape index (κ2) is 7.42. The molecular formula is C20H16F4N6O. The molecule has 2 aromatic carbocycles. The largest absolute Gasteiger partial charge is 0.573 e. The molecule has 0 bridgehead atoms. The van der Waals surface area contributed by atoms with Crippen LogP contribution in [0.5, 0.6) is 5.75 Å². The van der Waals surface area contributed by atoms with Crippen LogP contribution in [0.1, 0.15) is 11.4 Å². The summed E-state index contributed by atoms with van der Waals surface area (Å²) in [6.45, 7) is 3.69. The Balaban J connectivity index is 1.70. The van der Waals surface area contributed by atoms with Crippen LogP contribution in [-0.4, -0.2) is 25.9 Å². The van der Waals surface area contributed by atoms with Crippen molar-refractivity contribution in [3.63, 3.8) is 0 Å². The molecule has 2 heterocycles. The zero-order valence-electron chi connectivity index (χ0n) is 16.3. The Labute approximate surface area is 173 Å². The summed E-state index contributed by atoms with van der Waals surface area (Å²) in [5.41, 5.74) is 8.49. The lowest BCUT2D eigenvalue weighted by Gasteiger charge is -2.13. The Kier molecular flexibility index (Phi) is 4.88. The second-order valence-electron chi connectivity index (χ2n) is 6.76. The third-order valence-electron chi connectivity index (χ3n) is 4.39. The molecule has 160 valence electrons. The zero-order valence-corrected chi connectivity index (χ0v) is 16.3. The third kappa shape index (κ3) is 4.20. The third-order valence-corrected chi connectivity index (χ3v) is 4.39. The second-order valence-corrected chi connectivity index (χ2v) is 6.76. The standard InChI is InChI=1S/C20H16F4N6O/c1-10-3-8-15-14(9-10)26-11(2)30(15)19-28-17(25)16(21)18(29-19)27-12-4-6-13(7-5-12)31-20(22,23)24/h3-9H,1-2H3,(H3,25,27,28,29). The molecule has 4 aromatic rings. The number of hydrogen-bond acceptors (Lipinski definition) is 6. The van der Waals surface area contributed by atoms with Gasteiger partial charge in [-0.25, -0.2) is 4.98 Å². The van der Waals surface area contributed by atoms with Crippen molar-refractivity contribution in [1.82, 2.24) is 19.5 Å². The minimum atomic E-state index is -4.80. The van der Waals surface area contributed by atoms with Crippen molar-refractivity contribution < 1.29 is 22.3 Å². The highest BCUT2D eigenvalue weighted by Gasteiger charge is 2.31. The van der Waals surface area contributed by atoms with Gasteiger partial charge in [-0.1, -0.05) is 6.07 Å². The molecule has 0 saturated carbocycles. The van der Waals surface area contributed by atoms with Gasteiger partial charge < -0.3 is 15.8 Å². The van der Waals surface area contributed by atoms with Crippen LogP contribution < -0.4 is 15.8 Å². The van der Waals surface area contributed by atoms with E-state index in [1.54, 1.807) is 11.5 Å². The topological polar surface area (TPSA) is 90.9 Å². The van der Waals surface area contributed by atoms with E-state index in [1.165, 1.54) is 12.1 Å². The molecule has 0 radical (unpaired) electrons. The number of aryl methyl sites for hydroxylation is 2. The molecule has 0 unspecified atom stereocenters. The molecule has 4 rings (SSSR count). The summed E-state index contributed by atoms with van der Waals surface area (Å²) in [7, 11) is 0. The SMILES string of the molecule is Cc1ccc2c(c1)nc(C)n2-c1nc(N)c(F)c(Nc2ccc(OC(F)(F)F)cc2)n1.